The summed E-state index contributed by atoms with van der Waals surface area (Å²) in [7, 11) is 2.89. The first-order valence-electron chi connectivity index (χ1n) is 9.07. The Hall–Kier alpha value is -3.34. The van der Waals surface area contributed by atoms with Crippen LogP contribution < -0.4 is 4.74 Å². The molecule has 0 unspecified atom stereocenters. The van der Waals surface area contributed by atoms with Crippen LogP contribution in [0.1, 0.15) is 18.1 Å². The van der Waals surface area contributed by atoms with Gasteiger partial charge in [-0.2, -0.15) is 0 Å². The normalized spacial score (nSPS) is 15.3. The largest absolute Gasteiger partial charge is 0.496 e. The van der Waals surface area contributed by atoms with Crippen LogP contribution in [0, 0.1) is 0 Å². The van der Waals surface area contributed by atoms with Gasteiger partial charge in [-0.05, 0) is 31.1 Å². The summed E-state index contributed by atoms with van der Waals surface area (Å²) in [6.07, 6.45) is 2.39. The van der Waals surface area contributed by atoms with Crippen molar-refractivity contribution in [2.24, 2.45) is 0 Å². The molecule has 5 nitrogen and oxygen atoms in total. The van der Waals surface area contributed by atoms with Gasteiger partial charge in [-0.3, -0.25) is 4.79 Å². The number of rotatable bonds is 6. The van der Waals surface area contributed by atoms with Gasteiger partial charge < -0.3 is 14.4 Å². The fraction of sp³-hybridized carbons (Fsp3) is 0.217. The lowest BCUT2D eigenvalue weighted by Crippen LogP contribution is -2.27. The lowest BCUT2D eigenvalue weighted by atomic mass is 10.0. The third kappa shape index (κ3) is 3.83. The minimum absolute atomic E-state index is 0.209. The molecule has 0 atom stereocenters. The smallest absolute Gasteiger partial charge is 0.340 e. The minimum atomic E-state index is -0.519. The van der Waals surface area contributed by atoms with Gasteiger partial charge >= 0.3 is 5.97 Å². The van der Waals surface area contributed by atoms with Crippen molar-refractivity contribution in [2.75, 3.05) is 20.8 Å². The summed E-state index contributed by atoms with van der Waals surface area (Å²) in [4.78, 5) is 27.2. The zero-order valence-electron chi connectivity index (χ0n) is 16.3. The second-order valence-electron chi connectivity index (χ2n) is 6.44. The number of esters is 1. The van der Waals surface area contributed by atoms with Crippen molar-refractivity contribution >= 4 is 18.0 Å². The second-order valence-corrected chi connectivity index (χ2v) is 6.44. The highest BCUT2D eigenvalue weighted by atomic mass is 16.5. The molecule has 3 rings (SSSR count). The predicted octanol–water partition coefficient (Wildman–Crippen LogP) is 3.61. The summed E-state index contributed by atoms with van der Waals surface area (Å²) in [5.41, 5.74) is 3.08. The molecule has 0 saturated heterocycles. The van der Waals surface area contributed by atoms with E-state index in [1.54, 1.807) is 25.0 Å². The molecule has 1 aliphatic rings. The van der Waals surface area contributed by atoms with E-state index in [1.165, 1.54) is 7.11 Å². The fourth-order valence-corrected chi connectivity index (χ4v) is 3.32. The minimum Gasteiger partial charge on any atom is -0.496 e. The van der Waals surface area contributed by atoms with Crippen LogP contribution in [-0.2, 0) is 20.7 Å². The molecule has 0 aromatic heterocycles. The predicted molar refractivity (Wildman–Crippen MR) is 108 cm³/mol. The Kier molecular flexibility index (Phi) is 5.94. The van der Waals surface area contributed by atoms with E-state index in [2.05, 4.69) is 0 Å². The molecule has 1 heterocycles. The summed E-state index contributed by atoms with van der Waals surface area (Å²) in [6.45, 7) is 2.26. The highest BCUT2D eigenvalue weighted by molar-refractivity contribution is 6.16. The molecule has 28 heavy (non-hydrogen) atoms. The first-order valence-corrected chi connectivity index (χ1v) is 9.07. The van der Waals surface area contributed by atoms with Crippen LogP contribution in [0.2, 0.25) is 0 Å². The molecule has 0 N–H and O–H groups in total. The average Bonchev–Trinajstić information content (AvgIpc) is 2.96. The molecule has 0 fully saturated rings. The number of benzene rings is 2. The monoisotopic (exact) mass is 377 g/mol. The van der Waals surface area contributed by atoms with Crippen LogP contribution in [0.25, 0.3) is 6.08 Å². The van der Waals surface area contributed by atoms with E-state index in [0.29, 0.717) is 35.6 Å². The van der Waals surface area contributed by atoms with E-state index in [1.807, 2.05) is 54.6 Å². The second kappa shape index (κ2) is 8.57. The van der Waals surface area contributed by atoms with E-state index in [4.69, 9.17) is 9.47 Å². The van der Waals surface area contributed by atoms with Crippen molar-refractivity contribution in [3.63, 3.8) is 0 Å². The number of allylic oxidation sites excluding steroid dienone is 1. The Morgan fingerprint density at radius 2 is 1.71 bits per heavy atom. The van der Waals surface area contributed by atoms with Crippen LogP contribution in [0.5, 0.6) is 5.75 Å². The van der Waals surface area contributed by atoms with Gasteiger partial charge in [0.05, 0.1) is 25.4 Å². The number of methoxy groups -OCH3 is 2. The number of hydrogen-bond acceptors (Lipinski definition) is 4. The van der Waals surface area contributed by atoms with Crippen molar-refractivity contribution in [3.8, 4) is 5.75 Å². The number of amides is 1. The number of carbonyl (C=O) groups is 2. The Balaban J connectivity index is 1.96. The average molecular weight is 377 g/mol. The quantitative estimate of drug-likeness (QED) is 0.570. The highest BCUT2D eigenvalue weighted by Gasteiger charge is 2.36. The van der Waals surface area contributed by atoms with E-state index < -0.39 is 5.97 Å². The molecule has 144 valence electrons. The van der Waals surface area contributed by atoms with E-state index in [-0.39, 0.29) is 5.91 Å². The summed E-state index contributed by atoms with van der Waals surface area (Å²) in [6, 6.07) is 17.3. The fourth-order valence-electron chi connectivity index (χ4n) is 3.32. The van der Waals surface area contributed by atoms with Crippen molar-refractivity contribution in [2.45, 2.75) is 13.3 Å². The Morgan fingerprint density at radius 3 is 2.39 bits per heavy atom. The van der Waals surface area contributed by atoms with Crippen LogP contribution in [0.15, 0.2) is 71.4 Å². The number of nitrogens with zero attached hydrogens (tertiary/aromatic N) is 1. The summed E-state index contributed by atoms with van der Waals surface area (Å²) < 4.78 is 10.3. The summed E-state index contributed by atoms with van der Waals surface area (Å²) in [5.74, 6) is -0.0960. The van der Waals surface area contributed by atoms with Gasteiger partial charge in [0.15, 0.2) is 0 Å². The van der Waals surface area contributed by atoms with E-state index in [0.717, 1.165) is 11.1 Å². The van der Waals surface area contributed by atoms with E-state index in [9.17, 15) is 9.59 Å². The topological polar surface area (TPSA) is 55.8 Å². The van der Waals surface area contributed by atoms with Gasteiger partial charge in [0.25, 0.3) is 5.91 Å². The molecule has 5 heteroatoms. The maximum atomic E-state index is 13.1. The molecule has 1 aliphatic heterocycles. The molecular formula is C23H23NO4. The lowest BCUT2D eigenvalue weighted by molar-refractivity contribution is -0.136. The van der Waals surface area contributed by atoms with Crippen molar-refractivity contribution in [1.29, 1.82) is 0 Å². The van der Waals surface area contributed by atoms with Crippen LogP contribution in [0.3, 0.4) is 0 Å². The molecule has 2 aromatic rings. The van der Waals surface area contributed by atoms with Gasteiger partial charge in [-0.15, -0.1) is 0 Å². The Labute approximate surface area is 164 Å². The third-order valence-electron chi connectivity index (χ3n) is 4.81. The van der Waals surface area contributed by atoms with Gasteiger partial charge in [-0.1, -0.05) is 48.5 Å². The zero-order chi connectivity index (χ0) is 20.1. The standard InChI is InChI=1S/C23H23NO4/c1-16-21(23(26)28-3)19(15-18-11-7-8-12-20(18)27-2)22(25)24(16)14-13-17-9-5-4-6-10-17/h4-12,15H,13-14H2,1-3H3/b19-15-. The first kappa shape index (κ1) is 19.4. The molecule has 0 aliphatic carbocycles. The Bertz CT molecular complexity index is 944. The number of ether oxygens (including phenoxy) is 2. The third-order valence-corrected chi connectivity index (χ3v) is 4.81. The van der Waals surface area contributed by atoms with Gasteiger partial charge in [-0.25, -0.2) is 4.79 Å². The molecule has 1 amide bonds. The SMILES string of the molecule is COC(=O)C1=C(C)N(CCc2ccccc2)C(=O)/C1=C\c1ccccc1OC. The molecule has 0 spiro atoms. The van der Waals surface area contributed by atoms with Gasteiger partial charge in [0.1, 0.15) is 5.75 Å². The summed E-state index contributed by atoms with van der Waals surface area (Å²) in [5, 5.41) is 0. The Morgan fingerprint density at radius 1 is 1.04 bits per heavy atom. The lowest BCUT2D eigenvalue weighted by Gasteiger charge is -2.17. The van der Waals surface area contributed by atoms with Crippen molar-refractivity contribution < 1.29 is 19.1 Å². The van der Waals surface area contributed by atoms with Crippen LogP contribution >= 0.6 is 0 Å². The zero-order valence-corrected chi connectivity index (χ0v) is 16.3. The van der Waals surface area contributed by atoms with Gasteiger partial charge in [0, 0.05) is 17.8 Å². The van der Waals surface area contributed by atoms with Crippen LogP contribution in [0.4, 0.5) is 0 Å². The van der Waals surface area contributed by atoms with Crippen molar-refractivity contribution in [3.05, 3.63) is 82.6 Å². The molecule has 0 radical (unpaired) electrons. The van der Waals surface area contributed by atoms with E-state index >= 15 is 0 Å². The van der Waals surface area contributed by atoms with Gasteiger partial charge in [0.2, 0.25) is 0 Å². The number of para-hydroxylation sites is 1. The maximum absolute atomic E-state index is 13.1. The molecule has 2 aromatic carbocycles. The number of hydrogen-bond donors (Lipinski definition) is 0. The van der Waals surface area contributed by atoms with Crippen LogP contribution in [-0.4, -0.2) is 37.5 Å². The number of carbonyl (C=O) groups excluding carboxylic acids is 2. The summed E-state index contributed by atoms with van der Waals surface area (Å²) >= 11 is 0. The molecule has 0 saturated carbocycles. The van der Waals surface area contributed by atoms with Crippen molar-refractivity contribution in [1.82, 2.24) is 4.90 Å². The maximum Gasteiger partial charge on any atom is 0.340 e. The molecule has 0 bridgehead atoms. The highest BCUT2D eigenvalue weighted by Crippen LogP contribution is 2.33. The first-order chi connectivity index (χ1) is 13.6. The molecular weight excluding hydrogens is 354 g/mol.